The number of hydrazine groups is 1. The number of aromatic nitrogens is 1. The maximum Gasteiger partial charge on any atom is 0.0792 e. The van der Waals surface area contributed by atoms with Gasteiger partial charge in [0.1, 0.15) is 0 Å². The van der Waals surface area contributed by atoms with Crippen molar-refractivity contribution < 1.29 is 4.74 Å². The Hall–Kier alpha value is -0.970. The van der Waals surface area contributed by atoms with Gasteiger partial charge in [0, 0.05) is 19.0 Å². The van der Waals surface area contributed by atoms with Crippen LogP contribution in [-0.2, 0) is 11.2 Å². The summed E-state index contributed by atoms with van der Waals surface area (Å²) < 4.78 is 5.87. The fourth-order valence-corrected chi connectivity index (χ4v) is 2.18. The largest absolute Gasteiger partial charge is 0.376 e. The molecule has 0 bridgehead atoms. The lowest BCUT2D eigenvalue weighted by atomic mass is 9.82. The molecule has 1 rings (SSSR count). The molecule has 0 fully saturated rings. The Balaban J connectivity index is 2.79. The van der Waals surface area contributed by atoms with Gasteiger partial charge in [0.15, 0.2) is 0 Å². The Bertz CT molecular complexity index is 335. The molecule has 1 aromatic rings. The molecule has 0 spiro atoms. The third-order valence-corrected chi connectivity index (χ3v) is 2.98. The minimum atomic E-state index is 0.0417. The van der Waals surface area contributed by atoms with Crippen LogP contribution in [0, 0.1) is 5.41 Å². The summed E-state index contributed by atoms with van der Waals surface area (Å²) in [6.45, 7) is 9.22. The van der Waals surface area contributed by atoms with E-state index in [0.717, 1.165) is 6.42 Å². The van der Waals surface area contributed by atoms with Crippen LogP contribution < -0.4 is 11.3 Å². The second kappa shape index (κ2) is 6.83. The number of pyridine rings is 1. The predicted molar refractivity (Wildman–Crippen MR) is 73.9 cm³/mol. The van der Waals surface area contributed by atoms with Crippen LogP contribution >= 0.6 is 0 Å². The van der Waals surface area contributed by atoms with Gasteiger partial charge >= 0.3 is 0 Å². The molecule has 0 saturated heterocycles. The molecular formula is C14H25N3O. The molecule has 0 radical (unpaired) electrons. The first-order valence-electron chi connectivity index (χ1n) is 6.45. The Morgan fingerprint density at radius 3 is 2.39 bits per heavy atom. The molecule has 102 valence electrons. The SMILES string of the molecule is CCOC(C(Cc1ccncc1)NN)C(C)(C)C. The van der Waals surface area contributed by atoms with Gasteiger partial charge in [-0.15, -0.1) is 0 Å². The second-order valence-electron chi connectivity index (χ2n) is 5.57. The van der Waals surface area contributed by atoms with Gasteiger partial charge in [0.05, 0.1) is 12.1 Å². The van der Waals surface area contributed by atoms with Crippen molar-refractivity contribution in [1.82, 2.24) is 10.4 Å². The fourth-order valence-electron chi connectivity index (χ4n) is 2.18. The van der Waals surface area contributed by atoms with Crippen molar-refractivity contribution in [2.24, 2.45) is 11.3 Å². The van der Waals surface area contributed by atoms with Gasteiger partial charge in [-0.3, -0.25) is 16.3 Å². The van der Waals surface area contributed by atoms with E-state index >= 15 is 0 Å². The summed E-state index contributed by atoms with van der Waals surface area (Å²) in [7, 11) is 0. The summed E-state index contributed by atoms with van der Waals surface area (Å²) in [6.07, 6.45) is 4.51. The third-order valence-electron chi connectivity index (χ3n) is 2.98. The number of hydrogen-bond acceptors (Lipinski definition) is 4. The Morgan fingerprint density at radius 1 is 1.33 bits per heavy atom. The Kier molecular flexibility index (Phi) is 5.72. The molecule has 18 heavy (non-hydrogen) atoms. The normalized spacial score (nSPS) is 15.4. The predicted octanol–water partition coefficient (Wildman–Crippen LogP) is 1.91. The van der Waals surface area contributed by atoms with Crippen LogP contribution in [0.25, 0.3) is 0 Å². The van der Waals surface area contributed by atoms with Crippen LogP contribution in [0.4, 0.5) is 0 Å². The molecule has 2 unspecified atom stereocenters. The van der Waals surface area contributed by atoms with Crippen molar-refractivity contribution in [3.8, 4) is 0 Å². The number of nitrogens with one attached hydrogen (secondary N) is 1. The zero-order valence-corrected chi connectivity index (χ0v) is 11.8. The topological polar surface area (TPSA) is 60.2 Å². The smallest absolute Gasteiger partial charge is 0.0792 e. The van der Waals surface area contributed by atoms with Crippen molar-refractivity contribution in [1.29, 1.82) is 0 Å². The average Bonchev–Trinajstić information content (AvgIpc) is 2.33. The van der Waals surface area contributed by atoms with Crippen molar-refractivity contribution in [3.05, 3.63) is 30.1 Å². The summed E-state index contributed by atoms with van der Waals surface area (Å²) in [6, 6.07) is 4.11. The van der Waals surface area contributed by atoms with E-state index in [4.69, 9.17) is 10.6 Å². The van der Waals surface area contributed by atoms with Gasteiger partial charge < -0.3 is 4.74 Å². The first-order chi connectivity index (χ1) is 8.49. The molecular weight excluding hydrogens is 226 g/mol. The van der Waals surface area contributed by atoms with E-state index in [1.165, 1.54) is 5.56 Å². The summed E-state index contributed by atoms with van der Waals surface area (Å²) in [4.78, 5) is 4.03. The van der Waals surface area contributed by atoms with E-state index < -0.39 is 0 Å². The monoisotopic (exact) mass is 251 g/mol. The molecule has 0 aliphatic rings. The molecule has 3 N–H and O–H groups in total. The van der Waals surface area contributed by atoms with Gasteiger partial charge in [0.25, 0.3) is 0 Å². The van der Waals surface area contributed by atoms with Crippen LogP contribution in [-0.4, -0.2) is 23.7 Å². The van der Waals surface area contributed by atoms with Crippen molar-refractivity contribution in [3.63, 3.8) is 0 Å². The number of nitrogens with two attached hydrogens (primary N) is 1. The van der Waals surface area contributed by atoms with Crippen LogP contribution in [0.5, 0.6) is 0 Å². The lowest BCUT2D eigenvalue weighted by Crippen LogP contribution is -2.52. The van der Waals surface area contributed by atoms with Crippen LogP contribution in [0.1, 0.15) is 33.3 Å². The lowest BCUT2D eigenvalue weighted by molar-refractivity contribution is -0.0356. The molecule has 2 atom stereocenters. The van der Waals surface area contributed by atoms with E-state index in [9.17, 15) is 0 Å². The summed E-state index contributed by atoms with van der Waals surface area (Å²) >= 11 is 0. The van der Waals surface area contributed by atoms with Gasteiger partial charge in [-0.2, -0.15) is 0 Å². The summed E-state index contributed by atoms with van der Waals surface area (Å²) in [5.41, 5.74) is 4.15. The van der Waals surface area contributed by atoms with Crippen LogP contribution in [0.2, 0.25) is 0 Å². The minimum Gasteiger partial charge on any atom is -0.376 e. The third kappa shape index (κ3) is 4.37. The lowest BCUT2D eigenvalue weighted by Gasteiger charge is -2.36. The molecule has 0 amide bonds. The number of nitrogens with zero attached hydrogens (tertiary/aromatic N) is 1. The van der Waals surface area contributed by atoms with E-state index in [1.807, 2.05) is 19.1 Å². The zero-order valence-electron chi connectivity index (χ0n) is 11.8. The number of hydrogen-bond donors (Lipinski definition) is 2. The number of rotatable bonds is 6. The molecule has 0 aliphatic carbocycles. The molecule has 1 aromatic heterocycles. The maximum atomic E-state index is 5.87. The summed E-state index contributed by atoms with van der Waals surface area (Å²) in [5, 5.41) is 0. The fraction of sp³-hybridized carbons (Fsp3) is 0.643. The second-order valence-corrected chi connectivity index (χ2v) is 5.57. The minimum absolute atomic E-state index is 0.0417. The standard InChI is InChI=1S/C14H25N3O/c1-5-18-13(14(2,3)4)12(17-15)10-11-6-8-16-9-7-11/h6-9,12-13,17H,5,10,15H2,1-4H3. The first kappa shape index (κ1) is 15.1. The van der Waals surface area contributed by atoms with E-state index in [1.54, 1.807) is 12.4 Å². The van der Waals surface area contributed by atoms with Crippen molar-refractivity contribution in [2.45, 2.75) is 46.3 Å². The van der Waals surface area contributed by atoms with E-state index in [0.29, 0.717) is 6.61 Å². The molecule has 4 heteroatoms. The highest BCUT2D eigenvalue weighted by Gasteiger charge is 2.32. The van der Waals surface area contributed by atoms with E-state index in [-0.39, 0.29) is 17.6 Å². The van der Waals surface area contributed by atoms with Gasteiger partial charge in [-0.1, -0.05) is 20.8 Å². The number of ether oxygens (including phenoxy) is 1. The molecule has 0 aliphatic heterocycles. The van der Waals surface area contributed by atoms with Gasteiger partial charge in [-0.25, -0.2) is 0 Å². The first-order valence-corrected chi connectivity index (χ1v) is 6.45. The molecule has 0 aromatic carbocycles. The quantitative estimate of drug-likeness (QED) is 0.599. The molecule has 4 nitrogen and oxygen atoms in total. The van der Waals surface area contributed by atoms with E-state index in [2.05, 4.69) is 31.2 Å². The Morgan fingerprint density at radius 2 is 1.94 bits per heavy atom. The van der Waals surface area contributed by atoms with Gasteiger partial charge in [-0.05, 0) is 36.5 Å². The highest BCUT2D eigenvalue weighted by atomic mass is 16.5. The maximum absolute atomic E-state index is 5.87. The Labute approximate surface area is 110 Å². The molecule has 1 heterocycles. The van der Waals surface area contributed by atoms with Gasteiger partial charge in [0.2, 0.25) is 0 Å². The van der Waals surface area contributed by atoms with Crippen LogP contribution in [0.3, 0.4) is 0 Å². The average molecular weight is 251 g/mol. The van der Waals surface area contributed by atoms with Crippen molar-refractivity contribution >= 4 is 0 Å². The highest BCUT2D eigenvalue weighted by molar-refractivity contribution is 5.12. The summed E-state index contributed by atoms with van der Waals surface area (Å²) in [5.74, 6) is 5.70. The van der Waals surface area contributed by atoms with Crippen molar-refractivity contribution in [2.75, 3.05) is 6.61 Å². The zero-order chi connectivity index (χ0) is 13.6. The van der Waals surface area contributed by atoms with Crippen LogP contribution in [0.15, 0.2) is 24.5 Å². The molecule has 0 saturated carbocycles. The highest BCUT2D eigenvalue weighted by Crippen LogP contribution is 2.26.